The van der Waals surface area contributed by atoms with Gasteiger partial charge in [-0.05, 0) is 56.3 Å². The molecule has 1 aliphatic heterocycles. The molecule has 0 spiro atoms. The SMILES string of the molecule is CC(C)N1CC(C(=O)Nc2ccc(Oc3ccnc(Nc4ccn(C(F)F)n4)c3)c(F)c2)C(=O)N(c2ccc(F)cc2)C1=O. The molecule has 4 amide bonds. The summed E-state index contributed by atoms with van der Waals surface area (Å²) in [5, 5.41) is 8.92. The highest BCUT2D eigenvalue weighted by atomic mass is 19.3. The Hall–Kier alpha value is -5.47. The molecule has 0 radical (unpaired) electrons. The van der Waals surface area contributed by atoms with E-state index in [4.69, 9.17) is 4.74 Å². The largest absolute Gasteiger partial charge is 0.454 e. The molecule has 2 aromatic heterocycles. The molecule has 1 saturated heterocycles. The van der Waals surface area contributed by atoms with Crippen LogP contribution in [0.3, 0.4) is 0 Å². The van der Waals surface area contributed by atoms with Gasteiger partial charge in [-0.15, -0.1) is 0 Å². The third-order valence-corrected chi connectivity index (χ3v) is 6.58. The van der Waals surface area contributed by atoms with Gasteiger partial charge in [0.1, 0.15) is 23.3 Å². The molecule has 1 fully saturated rings. The van der Waals surface area contributed by atoms with Crippen LogP contribution in [0.4, 0.5) is 45.4 Å². The summed E-state index contributed by atoms with van der Waals surface area (Å²) < 4.78 is 60.1. The Morgan fingerprint density at radius 3 is 2.41 bits per heavy atom. The van der Waals surface area contributed by atoms with Crippen molar-refractivity contribution in [2.75, 3.05) is 22.1 Å². The number of nitrogens with zero attached hydrogens (tertiary/aromatic N) is 5. The van der Waals surface area contributed by atoms with Crippen molar-refractivity contribution >= 4 is 40.9 Å². The molecule has 5 rings (SSSR count). The maximum Gasteiger partial charge on any atom is 0.333 e. The molecular weight excluding hydrogens is 586 g/mol. The lowest BCUT2D eigenvalue weighted by Crippen LogP contribution is -2.61. The fraction of sp³-hybridized carbons (Fsp3) is 0.207. The predicted molar refractivity (Wildman–Crippen MR) is 151 cm³/mol. The first-order valence-electron chi connectivity index (χ1n) is 13.2. The van der Waals surface area contributed by atoms with Crippen molar-refractivity contribution in [3.05, 3.63) is 84.7 Å². The number of rotatable bonds is 9. The zero-order chi connectivity index (χ0) is 31.5. The standard InChI is InChI=1S/C29H25F4N7O4/c1-16(2)38-15-21(27(42)40(29(38)43)19-6-3-17(30)4-7-19)26(41)35-18-5-8-23(22(31)13-18)44-20-9-11-34-25(14-20)36-24-10-12-39(37-24)28(32)33/h3-14,16,21,28H,15H2,1-2H3,(H,35,41)(H,34,36,37). The van der Waals surface area contributed by atoms with Crippen LogP contribution in [-0.2, 0) is 9.59 Å². The van der Waals surface area contributed by atoms with Gasteiger partial charge in [-0.2, -0.15) is 13.9 Å². The normalized spacial score (nSPS) is 15.2. The highest BCUT2D eigenvalue weighted by Gasteiger charge is 2.44. The molecule has 1 aliphatic rings. The highest BCUT2D eigenvalue weighted by Crippen LogP contribution is 2.30. The molecule has 3 heterocycles. The second kappa shape index (κ2) is 12.4. The van der Waals surface area contributed by atoms with E-state index in [0.29, 0.717) is 4.68 Å². The number of halogens is 4. The van der Waals surface area contributed by atoms with Gasteiger partial charge in [-0.25, -0.2) is 28.1 Å². The summed E-state index contributed by atoms with van der Waals surface area (Å²) in [4.78, 5) is 45.8. The maximum atomic E-state index is 15.0. The first-order valence-corrected chi connectivity index (χ1v) is 13.2. The van der Waals surface area contributed by atoms with Crippen molar-refractivity contribution in [2.45, 2.75) is 26.4 Å². The lowest BCUT2D eigenvalue weighted by Gasteiger charge is -2.39. The van der Waals surface area contributed by atoms with Crippen molar-refractivity contribution in [3.8, 4) is 11.5 Å². The van der Waals surface area contributed by atoms with Crippen LogP contribution in [0.15, 0.2) is 73.1 Å². The molecule has 44 heavy (non-hydrogen) atoms. The Morgan fingerprint density at radius 2 is 1.75 bits per heavy atom. The van der Waals surface area contributed by atoms with Gasteiger partial charge in [-0.3, -0.25) is 9.59 Å². The summed E-state index contributed by atoms with van der Waals surface area (Å²) in [6.45, 7) is 0.440. The number of hydrogen-bond acceptors (Lipinski definition) is 7. The van der Waals surface area contributed by atoms with E-state index in [1.54, 1.807) is 13.8 Å². The Bertz CT molecular complexity index is 1700. The van der Waals surface area contributed by atoms with Gasteiger partial charge in [0.25, 0.3) is 0 Å². The van der Waals surface area contributed by atoms with Crippen LogP contribution >= 0.6 is 0 Å². The quantitative estimate of drug-likeness (QED) is 0.178. The third kappa shape index (κ3) is 6.45. The molecule has 228 valence electrons. The summed E-state index contributed by atoms with van der Waals surface area (Å²) in [7, 11) is 0. The number of aromatic nitrogens is 3. The van der Waals surface area contributed by atoms with Crippen LogP contribution in [0.1, 0.15) is 20.4 Å². The van der Waals surface area contributed by atoms with E-state index < -0.39 is 41.9 Å². The third-order valence-electron chi connectivity index (χ3n) is 6.58. The van der Waals surface area contributed by atoms with Crippen molar-refractivity contribution in [1.82, 2.24) is 19.7 Å². The number of carbonyl (C=O) groups is 3. The van der Waals surface area contributed by atoms with Crippen LogP contribution in [0.5, 0.6) is 11.5 Å². The average Bonchev–Trinajstić information content (AvgIpc) is 3.44. The van der Waals surface area contributed by atoms with E-state index >= 15 is 4.39 Å². The topological polar surface area (TPSA) is 122 Å². The number of hydrogen-bond donors (Lipinski definition) is 2. The molecule has 2 N–H and O–H groups in total. The van der Waals surface area contributed by atoms with E-state index in [9.17, 15) is 27.6 Å². The van der Waals surface area contributed by atoms with Gasteiger partial charge < -0.3 is 20.3 Å². The number of anilines is 4. The summed E-state index contributed by atoms with van der Waals surface area (Å²) in [5.41, 5.74) is 0.134. The van der Waals surface area contributed by atoms with Gasteiger partial charge >= 0.3 is 12.6 Å². The minimum Gasteiger partial charge on any atom is -0.454 e. The number of imide groups is 1. The number of amides is 4. The summed E-state index contributed by atoms with van der Waals surface area (Å²) in [5.74, 6) is -4.02. The van der Waals surface area contributed by atoms with Crippen molar-refractivity contribution < 1.29 is 36.7 Å². The van der Waals surface area contributed by atoms with Crippen LogP contribution < -0.4 is 20.3 Å². The molecule has 0 bridgehead atoms. The number of ether oxygens (including phenoxy) is 1. The molecule has 4 aromatic rings. The Labute approximate surface area is 248 Å². The second-order valence-corrected chi connectivity index (χ2v) is 9.93. The smallest absolute Gasteiger partial charge is 0.333 e. The molecule has 1 atom stereocenters. The van der Waals surface area contributed by atoms with Crippen LogP contribution in [0, 0.1) is 17.6 Å². The number of carbonyl (C=O) groups excluding carboxylic acids is 3. The fourth-order valence-electron chi connectivity index (χ4n) is 4.39. The number of alkyl halides is 2. The molecule has 1 unspecified atom stereocenters. The van der Waals surface area contributed by atoms with Crippen LogP contribution in [0.2, 0.25) is 0 Å². The minimum atomic E-state index is -2.80. The lowest BCUT2D eigenvalue weighted by molar-refractivity contribution is -0.132. The van der Waals surface area contributed by atoms with E-state index in [1.165, 1.54) is 53.6 Å². The zero-order valence-corrected chi connectivity index (χ0v) is 23.2. The van der Waals surface area contributed by atoms with Gasteiger partial charge in [-0.1, -0.05) is 0 Å². The number of benzene rings is 2. The van der Waals surface area contributed by atoms with Crippen molar-refractivity contribution in [2.24, 2.45) is 5.92 Å². The summed E-state index contributed by atoms with van der Waals surface area (Å²) in [6, 6.07) is 11.5. The average molecular weight is 612 g/mol. The second-order valence-electron chi connectivity index (χ2n) is 9.93. The molecular formula is C29H25F4N7O4. The number of urea groups is 1. The van der Waals surface area contributed by atoms with Gasteiger partial charge in [0.15, 0.2) is 17.4 Å². The zero-order valence-electron chi connectivity index (χ0n) is 23.2. The molecule has 0 saturated carbocycles. The molecule has 2 aromatic carbocycles. The molecule has 11 nitrogen and oxygen atoms in total. The predicted octanol–water partition coefficient (Wildman–Crippen LogP) is 5.92. The Morgan fingerprint density at radius 1 is 1.00 bits per heavy atom. The maximum absolute atomic E-state index is 15.0. The highest BCUT2D eigenvalue weighted by molar-refractivity contribution is 6.23. The Kier molecular flexibility index (Phi) is 8.46. The van der Waals surface area contributed by atoms with E-state index in [0.717, 1.165) is 29.3 Å². The fourth-order valence-corrected chi connectivity index (χ4v) is 4.39. The monoisotopic (exact) mass is 611 g/mol. The van der Waals surface area contributed by atoms with Gasteiger partial charge in [0.05, 0.1) is 5.69 Å². The summed E-state index contributed by atoms with van der Waals surface area (Å²) >= 11 is 0. The van der Waals surface area contributed by atoms with Crippen LogP contribution in [-0.4, -0.2) is 50.1 Å². The first-order chi connectivity index (χ1) is 21.0. The summed E-state index contributed by atoms with van der Waals surface area (Å²) in [6.07, 6.45) is 2.45. The van der Waals surface area contributed by atoms with Gasteiger partial charge in [0, 0.05) is 48.9 Å². The van der Waals surface area contributed by atoms with Gasteiger partial charge in [0.2, 0.25) is 11.8 Å². The van der Waals surface area contributed by atoms with Crippen molar-refractivity contribution in [1.29, 1.82) is 0 Å². The number of nitrogens with one attached hydrogen (secondary N) is 2. The molecule has 0 aliphatic carbocycles. The van der Waals surface area contributed by atoms with Crippen LogP contribution in [0.25, 0.3) is 0 Å². The lowest BCUT2D eigenvalue weighted by atomic mass is 10.0. The van der Waals surface area contributed by atoms with Crippen molar-refractivity contribution in [3.63, 3.8) is 0 Å². The minimum absolute atomic E-state index is 0.0284. The van der Waals surface area contributed by atoms with E-state index in [2.05, 4.69) is 20.7 Å². The van der Waals surface area contributed by atoms with E-state index in [1.807, 2.05) is 0 Å². The number of pyridine rings is 1. The Balaban J connectivity index is 1.28. The van der Waals surface area contributed by atoms with E-state index in [-0.39, 0.29) is 47.1 Å². The first kappa shape index (κ1) is 30.0. The molecule has 15 heteroatoms.